The van der Waals surface area contributed by atoms with Gasteiger partial charge in [-0.25, -0.2) is 0 Å². The number of carbonyl (C=O) groups is 1. The van der Waals surface area contributed by atoms with Gasteiger partial charge in [-0.05, 0) is 39.9 Å². The van der Waals surface area contributed by atoms with Crippen LogP contribution in [0.4, 0.5) is 0 Å². The van der Waals surface area contributed by atoms with E-state index in [0.717, 1.165) is 25.9 Å². The minimum absolute atomic E-state index is 0.0842. The van der Waals surface area contributed by atoms with Crippen molar-refractivity contribution in [3.8, 4) is 0 Å². The molecule has 0 spiro atoms. The first-order valence-electron chi connectivity index (χ1n) is 5.24. The Hall–Kier alpha value is -0.610. The van der Waals surface area contributed by atoms with Crippen LogP contribution >= 0.6 is 0 Å². The lowest BCUT2D eigenvalue weighted by atomic mass is 10.0. The van der Waals surface area contributed by atoms with Crippen LogP contribution in [-0.4, -0.2) is 48.2 Å². The van der Waals surface area contributed by atoms with Crippen LogP contribution in [0.25, 0.3) is 0 Å². The number of likely N-dealkylation sites (tertiary alicyclic amines) is 1. The number of carboxylic acid groups (broad SMARTS) is 1. The van der Waals surface area contributed by atoms with Crippen LogP contribution in [0.5, 0.6) is 0 Å². The summed E-state index contributed by atoms with van der Waals surface area (Å²) in [5.74, 6) is -0.724. The van der Waals surface area contributed by atoms with Gasteiger partial charge in [0.1, 0.15) is 0 Å². The van der Waals surface area contributed by atoms with Gasteiger partial charge in [0.15, 0.2) is 0 Å². The molecule has 1 aliphatic heterocycles. The van der Waals surface area contributed by atoms with Crippen LogP contribution in [0.3, 0.4) is 0 Å². The molecule has 0 aromatic carbocycles. The van der Waals surface area contributed by atoms with Crippen molar-refractivity contribution in [3.05, 3.63) is 0 Å². The van der Waals surface area contributed by atoms with E-state index in [9.17, 15) is 4.79 Å². The lowest BCUT2D eigenvalue weighted by molar-refractivity contribution is -0.137. The molecule has 2 N–H and O–H groups in total. The number of carboxylic acids is 1. The van der Waals surface area contributed by atoms with Gasteiger partial charge in [-0.2, -0.15) is 0 Å². The average molecular weight is 200 g/mol. The Kier molecular flexibility index (Phi) is 4.35. The number of rotatable bonds is 4. The van der Waals surface area contributed by atoms with E-state index in [1.54, 1.807) is 0 Å². The van der Waals surface area contributed by atoms with Crippen molar-refractivity contribution in [2.45, 2.75) is 38.3 Å². The molecule has 0 aliphatic carbocycles. The van der Waals surface area contributed by atoms with Crippen LogP contribution in [-0.2, 0) is 4.79 Å². The lowest BCUT2D eigenvalue weighted by Crippen LogP contribution is -2.44. The predicted octanol–water partition coefficient (Wildman–Crippen LogP) is 0.533. The van der Waals surface area contributed by atoms with Crippen LogP contribution in [0, 0.1) is 0 Å². The Balaban J connectivity index is 2.20. The van der Waals surface area contributed by atoms with Gasteiger partial charge in [-0.1, -0.05) is 0 Å². The number of hydrogen-bond acceptors (Lipinski definition) is 3. The Morgan fingerprint density at radius 2 is 2.14 bits per heavy atom. The first kappa shape index (κ1) is 11.5. The van der Waals surface area contributed by atoms with Gasteiger partial charge < -0.3 is 15.3 Å². The van der Waals surface area contributed by atoms with Gasteiger partial charge in [0.2, 0.25) is 0 Å². The minimum atomic E-state index is -0.724. The van der Waals surface area contributed by atoms with E-state index in [1.807, 2.05) is 6.92 Å². The van der Waals surface area contributed by atoms with E-state index >= 15 is 0 Å². The highest BCUT2D eigenvalue weighted by Gasteiger charge is 2.18. The quantitative estimate of drug-likeness (QED) is 0.695. The Labute approximate surface area is 85.3 Å². The monoisotopic (exact) mass is 200 g/mol. The molecule has 1 aliphatic rings. The highest BCUT2D eigenvalue weighted by Crippen LogP contribution is 2.09. The third-order valence-corrected chi connectivity index (χ3v) is 2.72. The zero-order valence-electron chi connectivity index (χ0n) is 8.99. The lowest BCUT2D eigenvalue weighted by Gasteiger charge is -2.31. The summed E-state index contributed by atoms with van der Waals surface area (Å²) in [6, 6.07) is 0.585. The van der Waals surface area contributed by atoms with E-state index in [1.165, 1.54) is 0 Å². The Morgan fingerprint density at radius 1 is 1.57 bits per heavy atom. The average Bonchev–Trinajstić information content (AvgIpc) is 2.07. The molecule has 0 amide bonds. The molecular weight excluding hydrogens is 180 g/mol. The van der Waals surface area contributed by atoms with Crippen LogP contribution in [0.2, 0.25) is 0 Å². The molecule has 1 heterocycles. The molecule has 4 nitrogen and oxygen atoms in total. The SMILES string of the molecule is CC(CC(=O)O)NC1CCN(C)CC1. The van der Waals surface area contributed by atoms with Crippen molar-refractivity contribution >= 4 is 5.97 Å². The molecule has 4 heteroatoms. The summed E-state index contributed by atoms with van der Waals surface area (Å²) in [4.78, 5) is 12.8. The second-order valence-electron chi connectivity index (χ2n) is 4.24. The molecule has 0 radical (unpaired) electrons. The summed E-state index contributed by atoms with van der Waals surface area (Å²) in [5.41, 5.74) is 0. The smallest absolute Gasteiger partial charge is 0.304 e. The molecule has 1 saturated heterocycles. The fraction of sp³-hybridized carbons (Fsp3) is 0.900. The maximum Gasteiger partial charge on any atom is 0.304 e. The normalized spacial score (nSPS) is 22.1. The van der Waals surface area contributed by atoms with Gasteiger partial charge in [0.25, 0.3) is 0 Å². The molecule has 14 heavy (non-hydrogen) atoms. The Morgan fingerprint density at radius 3 is 2.64 bits per heavy atom. The highest BCUT2D eigenvalue weighted by atomic mass is 16.4. The second-order valence-corrected chi connectivity index (χ2v) is 4.24. The molecule has 1 atom stereocenters. The molecule has 82 valence electrons. The van der Waals surface area contributed by atoms with Crippen LogP contribution in [0.1, 0.15) is 26.2 Å². The number of nitrogens with zero attached hydrogens (tertiary/aromatic N) is 1. The maximum absolute atomic E-state index is 10.5. The van der Waals surface area contributed by atoms with Crippen molar-refractivity contribution in [3.63, 3.8) is 0 Å². The molecule has 0 aromatic rings. The summed E-state index contributed by atoms with van der Waals surface area (Å²) < 4.78 is 0. The van der Waals surface area contributed by atoms with Gasteiger partial charge in [0.05, 0.1) is 6.42 Å². The zero-order chi connectivity index (χ0) is 10.6. The predicted molar refractivity (Wildman–Crippen MR) is 55.4 cm³/mol. The van der Waals surface area contributed by atoms with Crippen LogP contribution in [0.15, 0.2) is 0 Å². The van der Waals surface area contributed by atoms with E-state index in [4.69, 9.17) is 5.11 Å². The Bertz CT molecular complexity index is 189. The third kappa shape index (κ3) is 4.07. The summed E-state index contributed by atoms with van der Waals surface area (Å²) in [6.07, 6.45) is 2.47. The molecule has 1 unspecified atom stereocenters. The van der Waals surface area contributed by atoms with Gasteiger partial charge in [-0.3, -0.25) is 4.79 Å². The molecular formula is C10H20N2O2. The van der Waals surface area contributed by atoms with Crippen molar-refractivity contribution in [1.82, 2.24) is 10.2 Å². The molecule has 0 saturated carbocycles. The molecule has 1 rings (SSSR count). The van der Waals surface area contributed by atoms with E-state index < -0.39 is 5.97 Å². The van der Waals surface area contributed by atoms with E-state index in [-0.39, 0.29) is 12.5 Å². The van der Waals surface area contributed by atoms with Gasteiger partial charge in [0, 0.05) is 12.1 Å². The van der Waals surface area contributed by atoms with Gasteiger partial charge >= 0.3 is 5.97 Å². The van der Waals surface area contributed by atoms with Gasteiger partial charge in [-0.15, -0.1) is 0 Å². The fourth-order valence-electron chi connectivity index (χ4n) is 1.90. The standard InChI is InChI=1S/C10H20N2O2/c1-8(7-10(13)14)11-9-3-5-12(2)6-4-9/h8-9,11H,3-7H2,1-2H3,(H,13,14). The summed E-state index contributed by atoms with van der Waals surface area (Å²) >= 11 is 0. The van der Waals surface area contributed by atoms with Crippen molar-refractivity contribution in [2.75, 3.05) is 20.1 Å². The second kappa shape index (κ2) is 5.32. The largest absolute Gasteiger partial charge is 0.481 e. The number of piperidine rings is 1. The van der Waals surface area contributed by atoms with Crippen molar-refractivity contribution in [1.29, 1.82) is 0 Å². The highest BCUT2D eigenvalue weighted by molar-refractivity contribution is 5.67. The first-order chi connectivity index (χ1) is 6.58. The van der Waals surface area contributed by atoms with Crippen molar-refractivity contribution in [2.24, 2.45) is 0 Å². The molecule has 0 aromatic heterocycles. The fourth-order valence-corrected chi connectivity index (χ4v) is 1.90. The number of aliphatic carboxylic acids is 1. The summed E-state index contributed by atoms with van der Waals surface area (Å²) in [6.45, 7) is 4.15. The minimum Gasteiger partial charge on any atom is -0.481 e. The first-order valence-corrected chi connectivity index (χ1v) is 5.24. The zero-order valence-corrected chi connectivity index (χ0v) is 8.99. The van der Waals surface area contributed by atoms with E-state index in [0.29, 0.717) is 6.04 Å². The van der Waals surface area contributed by atoms with E-state index in [2.05, 4.69) is 17.3 Å². The van der Waals surface area contributed by atoms with Crippen LogP contribution < -0.4 is 5.32 Å². The molecule has 1 fully saturated rings. The maximum atomic E-state index is 10.5. The topological polar surface area (TPSA) is 52.6 Å². The van der Waals surface area contributed by atoms with Crippen molar-refractivity contribution < 1.29 is 9.90 Å². The summed E-state index contributed by atoms with van der Waals surface area (Å²) in [7, 11) is 2.12. The molecule has 0 bridgehead atoms. The third-order valence-electron chi connectivity index (χ3n) is 2.72. The number of nitrogens with one attached hydrogen (secondary N) is 1. The summed E-state index contributed by atoms with van der Waals surface area (Å²) in [5, 5.41) is 12.0. The number of hydrogen-bond donors (Lipinski definition) is 2.